The van der Waals surface area contributed by atoms with Gasteiger partial charge in [-0.25, -0.2) is 0 Å². The minimum absolute atomic E-state index is 0.0177. The van der Waals surface area contributed by atoms with Crippen LogP contribution >= 0.6 is 23.2 Å². The molecule has 2 atom stereocenters. The predicted octanol–water partition coefficient (Wildman–Crippen LogP) is 5.45. The lowest BCUT2D eigenvalue weighted by molar-refractivity contribution is -0.147. The van der Waals surface area contributed by atoms with Crippen LogP contribution in [0.3, 0.4) is 0 Å². The van der Waals surface area contributed by atoms with E-state index in [0.717, 1.165) is 18.4 Å². The molecule has 1 aliphatic heterocycles. The minimum atomic E-state index is -1.85. The van der Waals surface area contributed by atoms with Crippen LogP contribution in [0.15, 0.2) is 66.7 Å². The van der Waals surface area contributed by atoms with Gasteiger partial charge in [0.25, 0.3) is 11.8 Å². The Bertz CT molecular complexity index is 1630. The lowest BCUT2D eigenvalue weighted by Crippen LogP contribution is -2.47. The van der Waals surface area contributed by atoms with E-state index >= 15 is 0 Å². The topological polar surface area (TPSA) is 133 Å². The van der Waals surface area contributed by atoms with E-state index in [0.29, 0.717) is 32.3 Å². The van der Waals surface area contributed by atoms with Gasteiger partial charge in [-0.3, -0.25) is 19.3 Å². The van der Waals surface area contributed by atoms with Crippen LogP contribution in [0.1, 0.15) is 73.1 Å². The Balaban J connectivity index is 0.000000644. The number of nitrogens with two attached hydrogens (primary N) is 1. The summed E-state index contributed by atoms with van der Waals surface area (Å²) in [6.45, 7) is 7.19. The molecule has 0 saturated heterocycles. The van der Waals surface area contributed by atoms with E-state index in [1.54, 1.807) is 82.2 Å². The first kappa shape index (κ1) is 36.4. The number of hydrogen-bond acceptors (Lipinski definition) is 6. The van der Waals surface area contributed by atoms with Gasteiger partial charge in [0.05, 0.1) is 13.2 Å². The number of carbonyl (C=O) groups is 3. The molecule has 2 aliphatic rings. The number of benzene rings is 3. The van der Waals surface area contributed by atoms with Crippen LogP contribution in [-0.2, 0) is 32.2 Å². The maximum Gasteiger partial charge on any atom is 0.258 e. The Morgan fingerprint density at radius 2 is 1.49 bits per heavy atom. The molecule has 1 fully saturated rings. The van der Waals surface area contributed by atoms with E-state index in [4.69, 9.17) is 33.7 Å². The number of hydrogen-bond donors (Lipinski definition) is 3. The van der Waals surface area contributed by atoms with Crippen LogP contribution in [0.25, 0.3) is 0 Å². The molecule has 0 radical (unpaired) electrons. The quantitative estimate of drug-likeness (QED) is 0.275. The number of likely N-dealkylation sites (N-methyl/N-ethyl adjacent to an activating group) is 1. The summed E-state index contributed by atoms with van der Waals surface area (Å²) in [6, 6.07) is 19.4. The minimum Gasteiger partial charge on any atom is -0.396 e. The monoisotopic (exact) mass is 683 g/mol. The smallest absolute Gasteiger partial charge is 0.258 e. The maximum atomic E-state index is 14.3. The summed E-state index contributed by atoms with van der Waals surface area (Å²) in [5.41, 5.74) is 3.74. The largest absolute Gasteiger partial charge is 0.396 e. The van der Waals surface area contributed by atoms with Gasteiger partial charge in [-0.05, 0) is 61.2 Å². The summed E-state index contributed by atoms with van der Waals surface area (Å²) in [4.78, 5) is 40.3. The van der Waals surface area contributed by atoms with Crippen LogP contribution in [-0.4, -0.2) is 65.0 Å². The summed E-state index contributed by atoms with van der Waals surface area (Å²) in [5, 5.41) is 22.4. The van der Waals surface area contributed by atoms with E-state index in [-0.39, 0.29) is 42.4 Å². The van der Waals surface area contributed by atoms with E-state index in [1.165, 1.54) is 11.8 Å². The lowest BCUT2D eigenvalue weighted by Gasteiger charge is -2.40. The molecule has 252 valence electrons. The second-order valence-corrected chi connectivity index (χ2v) is 14.6. The molecular formula is C36H43Cl2N3O6. The van der Waals surface area contributed by atoms with Gasteiger partial charge in [0.2, 0.25) is 5.91 Å². The van der Waals surface area contributed by atoms with Crippen LogP contribution in [0.5, 0.6) is 0 Å². The number of aliphatic hydroxyl groups is 2. The van der Waals surface area contributed by atoms with Crippen molar-refractivity contribution in [3.8, 4) is 0 Å². The molecule has 0 aromatic heterocycles. The molecule has 3 aromatic carbocycles. The van der Waals surface area contributed by atoms with Crippen molar-refractivity contribution < 1.29 is 29.3 Å². The number of nitrogens with zero attached hydrogens (tertiary/aromatic N) is 2. The summed E-state index contributed by atoms with van der Waals surface area (Å²) in [7, 11) is 3.13. The van der Waals surface area contributed by atoms with Gasteiger partial charge in [0.1, 0.15) is 0 Å². The van der Waals surface area contributed by atoms with Crippen molar-refractivity contribution in [2.45, 2.75) is 58.4 Å². The summed E-state index contributed by atoms with van der Waals surface area (Å²) < 4.78 is 6.79. The Morgan fingerprint density at radius 3 is 1.96 bits per heavy atom. The molecule has 1 aliphatic carbocycles. The van der Waals surface area contributed by atoms with Crippen molar-refractivity contribution in [2.24, 2.45) is 16.6 Å². The first-order chi connectivity index (χ1) is 21.9. The number of carbonyl (C=O) groups excluding carboxylic acids is 3. The number of amides is 3. The number of rotatable bonds is 9. The average Bonchev–Trinajstić information content (AvgIpc) is 3.77. The maximum absolute atomic E-state index is 14.3. The number of aliphatic hydroxyl groups excluding tert-OH is 1. The number of fused-ring (bicyclic) bond motifs is 1. The molecular weight excluding hydrogens is 641 g/mol. The lowest BCUT2D eigenvalue weighted by atomic mass is 9.88. The highest BCUT2D eigenvalue weighted by atomic mass is 35.5. The van der Waals surface area contributed by atoms with Crippen molar-refractivity contribution >= 4 is 40.9 Å². The Hall–Kier alpha value is -3.47. The highest BCUT2D eigenvalue weighted by Crippen LogP contribution is 2.51. The van der Waals surface area contributed by atoms with E-state index in [1.807, 2.05) is 24.3 Å². The fraction of sp³-hybridized carbons (Fsp3) is 0.417. The van der Waals surface area contributed by atoms with Crippen LogP contribution < -0.4 is 5.73 Å². The second kappa shape index (κ2) is 13.6. The summed E-state index contributed by atoms with van der Waals surface area (Å²) in [5.74, 6) is -1.08. The van der Waals surface area contributed by atoms with Crippen molar-refractivity contribution in [2.75, 3.05) is 27.3 Å². The van der Waals surface area contributed by atoms with Crippen LogP contribution in [0, 0.1) is 10.8 Å². The Kier molecular flexibility index (Phi) is 10.5. The van der Waals surface area contributed by atoms with E-state index in [9.17, 15) is 24.6 Å². The average molecular weight is 685 g/mol. The Morgan fingerprint density at radius 1 is 0.957 bits per heavy atom. The van der Waals surface area contributed by atoms with Gasteiger partial charge in [-0.2, -0.15) is 0 Å². The zero-order valence-electron chi connectivity index (χ0n) is 27.6. The van der Waals surface area contributed by atoms with Gasteiger partial charge in [0.15, 0.2) is 11.3 Å². The first-order valence-corrected chi connectivity index (χ1v) is 16.1. The van der Waals surface area contributed by atoms with Gasteiger partial charge in [0, 0.05) is 58.2 Å². The van der Waals surface area contributed by atoms with Crippen molar-refractivity contribution in [1.29, 1.82) is 0 Å². The molecule has 1 heterocycles. The normalized spacial score (nSPS) is 19.3. The molecule has 1 unspecified atom stereocenters. The predicted molar refractivity (Wildman–Crippen MR) is 182 cm³/mol. The SMILES string of the molecule is CC(C)(C)C(N)=O.CN(C)C(=O)C(C)(O)c1ccc2c(c1)C(=O)N(Cc1ccc(Cl)cc1)[C@@]2(OCC1(CO)CC1)c1ccc(Cl)cc1. The number of ether oxygens (including phenoxy) is 1. The molecule has 9 nitrogen and oxygen atoms in total. The summed E-state index contributed by atoms with van der Waals surface area (Å²) >= 11 is 12.4. The zero-order valence-corrected chi connectivity index (χ0v) is 29.2. The third kappa shape index (κ3) is 7.50. The fourth-order valence-electron chi connectivity index (χ4n) is 5.28. The number of primary amides is 1. The fourth-order valence-corrected chi connectivity index (χ4v) is 5.53. The van der Waals surface area contributed by atoms with Crippen molar-refractivity contribution in [1.82, 2.24) is 9.80 Å². The highest BCUT2D eigenvalue weighted by molar-refractivity contribution is 6.30. The first-order valence-electron chi connectivity index (χ1n) is 15.3. The molecule has 1 saturated carbocycles. The standard InChI is InChI=1S/C31H32Cl2N2O5.C5H11NO/c1-29(39,28(38)34(2)3)22-8-13-26-25(16-22)27(37)35(17-20-4-9-23(32)10-5-20)31(26,21-6-11-24(33)12-7-21)40-19-30(18-36)14-15-30;1-5(2,3)4(6)7/h4-13,16,36,39H,14-15,17-19H2,1-3H3;1-3H3,(H2,6,7)/t29?,31-;/m1./s1. The Labute approximate surface area is 286 Å². The van der Waals surface area contributed by atoms with E-state index in [2.05, 4.69) is 0 Å². The molecule has 5 rings (SSSR count). The zero-order chi connectivity index (χ0) is 34.9. The molecule has 0 bridgehead atoms. The van der Waals surface area contributed by atoms with E-state index < -0.39 is 17.2 Å². The number of halogens is 2. The molecule has 3 aromatic rings. The van der Waals surface area contributed by atoms with Crippen LogP contribution in [0.4, 0.5) is 0 Å². The highest BCUT2D eigenvalue weighted by Gasteiger charge is 2.55. The van der Waals surface area contributed by atoms with Gasteiger partial charge in [-0.1, -0.05) is 80.4 Å². The third-order valence-corrected chi connectivity index (χ3v) is 9.24. The molecule has 4 N–H and O–H groups in total. The molecule has 11 heteroatoms. The van der Waals surface area contributed by atoms with Crippen molar-refractivity contribution in [3.63, 3.8) is 0 Å². The van der Waals surface area contributed by atoms with Crippen molar-refractivity contribution in [3.05, 3.63) is 105 Å². The van der Waals surface area contributed by atoms with Gasteiger partial charge in [-0.15, -0.1) is 0 Å². The van der Waals surface area contributed by atoms with Crippen LogP contribution in [0.2, 0.25) is 10.0 Å². The molecule has 0 spiro atoms. The summed E-state index contributed by atoms with van der Waals surface area (Å²) in [6.07, 6.45) is 1.65. The molecule has 3 amide bonds. The van der Waals surface area contributed by atoms with Gasteiger partial charge < -0.3 is 25.6 Å². The van der Waals surface area contributed by atoms with Gasteiger partial charge >= 0.3 is 0 Å². The molecule has 47 heavy (non-hydrogen) atoms. The second-order valence-electron chi connectivity index (χ2n) is 13.8. The third-order valence-electron chi connectivity index (χ3n) is 8.73.